The Morgan fingerprint density at radius 2 is 2.29 bits per heavy atom. The van der Waals surface area contributed by atoms with Crippen LogP contribution in [0.1, 0.15) is 26.7 Å². The van der Waals surface area contributed by atoms with E-state index in [9.17, 15) is 0 Å². The normalized spacial score (nSPS) is 14.3. The summed E-state index contributed by atoms with van der Waals surface area (Å²) in [6, 6.07) is 5.87. The predicted molar refractivity (Wildman–Crippen MR) is 86.9 cm³/mol. The Morgan fingerprint density at radius 1 is 1.48 bits per heavy atom. The van der Waals surface area contributed by atoms with Gasteiger partial charge in [0.2, 0.25) is 0 Å². The first kappa shape index (κ1) is 16.1. The number of benzene rings is 1. The highest BCUT2D eigenvalue weighted by atomic mass is 32.2. The third kappa shape index (κ3) is 4.62. The molecule has 6 heteroatoms. The highest BCUT2D eigenvalue weighted by Gasteiger charge is 2.16. The number of aromatic nitrogens is 2. The first-order valence-electron chi connectivity index (χ1n) is 7.19. The Bertz CT molecular complexity index is 583. The number of H-pyrrole nitrogens is 1. The first-order valence-corrected chi connectivity index (χ1v) is 8.18. The van der Waals surface area contributed by atoms with Crippen molar-refractivity contribution in [3.63, 3.8) is 0 Å². The second-order valence-corrected chi connectivity index (χ2v) is 6.50. The summed E-state index contributed by atoms with van der Waals surface area (Å²) < 4.78 is 5.48. The summed E-state index contributed by atoms with van der Waals surface area (Å²) in [7, 11) is 0. The predicted octanol–water partition coefficient (Wildman–Crippen LogP) is 2.54. The first-order chi connectivity index (χ1) is 10.0. The van der Waals surface area contributed by atoms with Crippen molar-refractivity contribution in [1.29, 1.82) is 0 Å². The number of imidazole rings is 1. The minimum atomic E-state index is -0.485. The number of nitrogens with zero attached hydrogens (tertiary/aromatic N) is 1. The summed E-state index contributed by atoms with van der Waals surface area (Å²) in [4.78, 5) is 7.84. The van der Waals surface area contributed by atoms with Gasteiger partial charge in [0.15, 0.2) is 5.16 Å². The average molecular weight is 309 g/mol. The van der Waals surface area contributed by atoms with Crippen LogP contribution in [0, 0.1) is 0 Å². The number of thioether (sulfide) groups is 1. The van der Waals surface area contributed by atoms with Crippen LogP contribution >= 0.6 is 11.8 Å². The standard InChI is InChI=1S/C15H23N3O2S/c1-3-20-11-5-6-12-13(9-11)18-14(17-12)21-8-4-7-15(2,16)10-19/h5-6,9,19H,3-4,7-8,10,16H2,1-2H3,(H,17,18). The monoisotopic (exact) mass is 309 g/mol. The molecule has 1 aromatic heterocycles. The smallest absolute Gasteiger partial charge is 0.166 e. The third-order valence-corrected chi connectivity index (χ3v) is 4.19. The lowest BCUT2D eigenvalue weighted by Crippen LogP contribution is -2.40. The van der Waals surface area contributed by atoms with Gasteiger partial charge >= 0.3 is 0 Å². The minimum absolute atomic E-state index is 0.0164. The van der Waals surface area contributed by atoms with E-state index in [0.29, 0.717) is 6.61 Å². The molecular weight excluding hydrogens is 286 g/mol. The molecule has 1 unspecified atom stereocenters. The highest BCUT2D eigenvalue weighted by Crippen LogP contribution is 2.24. The Kier molecular flexibility index (Phi) is 5.50. The van der Waals surface area contributed by atoms with Gasteiger partial charge in [-0.15, -0.1) is 0 Å². The minimum Gasteiger partial charge on any atom is -0.494 e. The van der Waals surface area contributed by atoms with E-state index < -0.39 is 5.54 Å². The number of fused-ring (bicyclic) bond motifs is 1. The van der Waals surface area contributed by atoms with Crippen LogP contribution in [0.5, 0.6) is 5.75 Å². The van der Waals surface area contributed by atoms with Gasteiger partial charge in [0, 0.05) is 17.4 Å². The number of aliphatic hydroxyl groups is 1. The molecule has 1 aromatic carbocycles. The summed E-state index contributed by atoms with van der Waals surface area (Å²) in [6.07, 6.45) is 1.74. The molecule has 116 valence electrons. The zero-order valence-corrected chi connectivity index (χ0v) is 13.4. The van der Waals surface area contributed by atoms with Crippen LogP contribution in [0.25, 0.3) is 11.0 Å². The lowest BCUT2D eigenvalue weighted by molar-refractivity contribution is 0.200. The van der Waals surface area contributed by atoms with E-state index in [1.54, 1.807) is 11.8 Å². The van der Waals surface area contributed by atoms with Crippen LogP contribution in [-0.4, -0.2) is 39.6 Å². The molecule has 5 nitrogen and oxygen atoms in total. The molecule has 0 radical (unpaired) electrons. The maximum absolute atomic E-state index is 9.11. The molecular formula is C15H23N3O2S. The summed E-state index contributed by atoms with van der Waals surface area (Å²) in [5.41, 5.74) is 7.35. The Balaban J connectivity index is 1.91. The molecule has 1 heterocycles. The van der Waals surface area contributed by atoms with Crippen LogP contribution < -0.4 is 10.5 Å². The summed E-state index contributed by atoms with van der Waals surface area (Å²) in [5, 5.41) is 10.0. The summed E-state index contributed by atoms with van der Waals surface area (Å²) in [5.74, 6) is 1.78. The average Bonchev–Trinajstić information content (AvgIpc) is 2.86. The largest absolute Gasteiger partial charge is 0.494 e. The molecule has 0 aliphatic heterocycles. The van der Waals surface area contributed by atoms with Crippen molar-refractivity contribution in [2.45, 2.75) is 37.4 Å². The SMILES string of the molecule is CCOc1ccc2nc(SCCCC(C)(N)CO)[nH]c2c1. The zero-order chi connectivity index (χ0) is 15.3. The molecule has 4 N–H and O–H groups in total. The molecule has 0 bridgehead atoms. The Labute approximate surface area is 129 Å². The second kappa shape index (κ2) is 7.15. The number of hydrogen-bond donors (Lipinski definition) is 3. The van der Waals surface area contributed by atoms with Crippen molar-refractivity contribution in [3.8, 4) is 5.75 Å². The molecule has 0 spiro atoms. The number of nitrogens with one attached hydrogen (secondary N) is 1. The van der Waals surface area contributed by atoms with Crippen LogP contribution in [-0.2, 0) is 0 Å². The van der Waals surface area contributed by atoms with Gasteiger partial charge in [-0.1, -0.05) is 11.8 Å². The van der Waals surface area contributed by atoms with E-state index in [4.69, 9.17) is 15.6 Å². The Morgan fingerprint density at radius 3 is 3.00 bits per heavy atom. The number of aliphatic hydroxyl groups excluding tert-OH is 1. The molecule has 1 atom stereocenters. The number of nitrogens with two attached hydrogens (primary N) is 1. The maximum atomic E-state index is 9.11. The third-order valence-electron chi connectivity index (χ3n) is 3.23. The molecule has 0 amide bonds. The summed E-state index contributed by atoms with van der Waals surface area (Å²) in [6.45, 7) is 4.51. The Hall–Kier alpha value is -1.24. The van der Waals surface area contributed by atoms with E-state index in [1.807, 2.05) is 32.0 Å². The van der Waals surface area contributed by atoms with Gasteiger partial charge < -0.3 is 20.6 Å². The van der Waals surface area contributed by atoms with Crippen molar-refractivity contribution < 1.29 is 9.84 Å². The van der Waals surface area contributed by atoms with E-state index in [0.717, 1.165) is 40.5 Å². The van der Waals surface area contributed by atoms with Gasteiger partial charge in [-0.3, -0.25) is 0 Å². The lowest BCUT2D eigenvalue weighted by atomic mass is 9.99. The molecule has 0 fully saturated rings. The fraction of sp³-hybridized carbons (Fsp3) is 0.533. The van der Waals surface area contributed by atoms with Crippen molar-refractivity contribution in [1.82, 2.24) is 9.97 Å². The van der Waals surface area contributed by atoms with Crippen LogP contribution in [0.2, 0.25) is 0 Å². The van der Waals surface area contributed by atoms with Gasteiger partial charge in [0.25, 0.3) is 0 Å². The van der Waals surface area contributed by atoms with Crippen molar-refractivity contribution in [2.24, 2.45) is 5.73 Å². The van der Waals surface area contributed by atoms with Crippen molar-refractivity contribution in [2.75, 3.05) is 19.0 Å². The summed E-state index contributed by atoms with van der Waals surface area (Å²) >= 11 is 1.67. The number of hydrogen-bond acceptors (Lipinski definition) is 5. The number of ether oxygens (including phenoxy) is 1. The fourth-order valence-electron chi connectivity index (χ4n) is 2.01. The molecule has 0 aliphatic rings. The molecule has 0 aliphatic carbocycles. The van der Waals surface area contributed by atoms with E-state index in [2.05, 4.69) is 9.97 Å². The highest BCUT2D eigenvalue weighted by molar-refractivity contribution is 7.99. The van der Waals surface area contributed by atoms with Gasteiger partial charge in [-0.2, -0.15) is 0 Å². The van der Waals surface area contributed by atoms with Crippen molar-refractivity contribution >= 4 is 22.8 Å². The van der Waals surface area contributed by atoms with Crippen LogP contribution in [0.15, 0.2) is 23.4 Å². The van der Waals surface area contributed by atoms with E-state index in [-0.39, 0.29) is 6.61 Å². The van der Waals surface area contributed by atoms with Crippen molar-refractivity contribution in [3.05, 3.63) is 18.2 Å². The fourth-order valence-corrected chi connectivity index (χ4v) is 2.84. The lowest BCUT2D eigenvalue weighted by Gasteiger charge is -2.20. The molecule has 2 rings (SSSR count). The number of aromatic amines is 1. The topological polar surface area (TPSA) is 84.2 Å². The van der Waals surface area contributed by atoms with Gasteiger partial charge in [0.1, 0.15) is 5.75 Å². The quantitative estimate of drug-likeness (QED) is 0.515. The van der Waals surface area contributed by atoms with Crippen LogP contribution in [0.4, 0.5) is 0 Å². The van der Waals surface area contributed by atoms with Gasteiger partial charge in [-0.25, -0.2) is 4.98 Å². The van der Waals surface area contributed by atoms with E-state index in [1.165, 1.54) is 0 Å². The van der Waals surface area contributed by atoms with Gasteiger partial charge in [-0.05, 0) is 38.8 Å². The molecule has 0 saturated heterocycles. The zero-order valence-electron chi connectivity index (χ0n) is 12.6. The molecule has 0 saturated carbocycles. The second-order valence-electron chi connectivity index (χ2n) is 5.42. The van der Waals surface area contributed by atoms with E-state index >= 15 is 0 Å². The maximum Gasteiger partial charge on any atom is 0.166 e. The molecule has 21 heavy (non-hydrogen) atoms. The number of rotatable bonds is 8. The molecule has 2 aromatic rings. The van der Waals surface area contributed by atoms with Gasteiger partial charge in [0.05, 0.1) is 24.2 Å². The van der Waals surface area contributed by atoms with Crippen LogP contribution in [0.3, 0.4) is 0 Å².